The number of pyridine rings is 1. The molecule has 246 valence electrons. The van der Waals surface area contributed by atoms with Gasteiger partial charge in [0.2, 0.25) is 5.88 Å². The van der Waals surface area contributed by atoms with Crippen LogP contribution in [-0.4, -0.2) is 93.5 Å². The number of hydrogen-bond donors (Lipinski definition) is 1. The molecule has 3 aliphatic rings. The lowest BCUT2D eigenvalue weighted by Crippen LogP contribution is -2.41. The zero-order valence-corrected chi connectivity index (χ0v) is 24.6. The van der Waals surface area contributed by atoms with Crippen molar-refractivity contribution in [2.24, 2.45) is 0 Å². The molecule has 0 spiro atoms. The highest BCUT2D eigenvalue weighted by Crippen LogP contribution is 2.42. The van der Waals surface area contributed by atoms with Crippen molar-refractivity contribution in [3.63, 3.8) is 0 Å². The van der Waals surface area contributed by atoms with E-state index in [4.69, 9.17) is 18.9 Å². The van der Waals surface area contributed by atoms with Gasteiger partial charge in [-0.1, -0.05) is 6.08 Å². The molecule has 0 bridgehead atoms. The summed E-state index contributed by atoms with van der Waals surface area (Å²) in [7, 11) is 0. The van der Waals surface area contributed by atoms with Crippen molar-refractivity contribution in [1.29, 1.82) is 0 Å². The topological polar surface area (TPSA) is 85.4 Å². The number of rotatable bonds is 9. The Kier molecular flexibility index (Phi) is 10.1. The maximum absolute atomic E-state index is 15.0. The van der Waals surface area contributed by atoms with Crippen molar-refractivity contribution in [2.75, 3.05) is 69.4 Å². The summed E-state index contributed by atoms with van der Waals surface area (Å²) in [4.78, 5) is 20.2. The largest absolute Gasteiger partial charge is 0.475 e. The van der Waals surface area contributed by atoms with E-state index in [2.05, 4.69) is 10.3 Å². The molecule has 15 heteroatoms. The minimum absolute atomic E-state index is 0.196. The van der Waals surface area contributed by atoms with E-state index in [0.717, 1.165) is 24.2 Å². The maximum atomic E-state index is 15.0. The lowest BCUT2D eigenvalue weighted by Gasteiger charge is -2.28. The lowest BCUT2D eigenvalue weighted by molar-refractivity contribution is -0.264. The highest BCUT2D eigenvalue weighted by Gasteiger charge is 2.60. The number of aryl methyl sites for hydroxylation is 1. The number of ether oxygens (including phenoxy) is 4. The molecule has 5 rings (SSSR count). The second-order valence-electron chi connectivity index (χ2n) is 10.9. The molecule has 3 aliphatic heterocycles. The monoisotopic (exact) mass is 644 g/mol. The number of urea groups is 1. The normalized spacial score (nSPS) is 19.4. The summed E-state index contributed by atoms with van der Waals surface area (Å²) in [5, 5.41) is 2.32. The van der Waals surface area contributed by atoms with Gasteiger partial charge < -0.3 is 34.1 Å². The van der Waals surface area contributed by atoms with E-state index in [1.165, 1.54) is 12.1 Å². The lowest BCUT2D eigenvalue weighted by atomic mass is 10.00. The third-order valence-electron chi connectivity index (χ3n) is 7.73. The van der Waals surface area contributed by atoms with Crippen LogP contribution in [0.4, 0.5) is 42.6 Å². The summed E-state index contributed by atoms with van der Waals surface area (Å²) in [5.41, 5.74) is 0.116. The molecule has 9 nitrogen and oxygen atoms in total. The number of nitrogens with one attached hydrogen (secondary N) is 1. The Bertz CT molecular complexity index is 1390. The SMILES string of the molecule is Cc1cc(F)c(NC(=O)N2CC=C(C(F)(F)C(F)(F)F)C2)cc1-c1cc(OCCOC2CCCCO2)nc(N2CCOCC2)c1. The molecule has 0 radical (unpaired) electrons. The molecule has 2 fully saturated rings. The third kappa shape index (κ3) is 7.82. The number of anilines is 2. The molecule has 2 amide bonds. The summed E-state index contributed by atoms with van der Waals surface area (Å²) in [6.07, 6.45) is -2.57. The van der Waals surface area contributed by atoms with Crippen LogP contribution in [0.3, 0.4) is 0 Å². The van der Waals surface area contributed by atoms with Crippen LogP contribution in [0.15, 0.2) is 35.9 Å². The van der Waals surface area contributed by atoms with Crippen molar-refractivity contribution in [3.05, 3.63) is 47.3 Å². The van der Waals surface area contributed by atoms with Crippen LogP contribution in [0.5, 0.6) is 5.88 Å². The Labute approximate surface area is 256 Å². The van der Waals surface area contributed by atoms with Gasteiger partial charge in [0.1, 0.15) is 18.2 Å². The molecule has 0 aliphatic carbocycles. The molecule has 1 unspecified atom stereocenters. The summed E-state index contributed by atoms with van der Waals surface area (Å²) in [5.74, 6) is -5.01. The minimum atomic E-state index is -5.80. The standard InChI is InChI=1S/C30H34F6N4O5/c1-19-14-23(31)24(37-28(41)40-6-5-21(18-40)29(32,33)30(34,35)36)17-22(19)20-15-25(39-7-10-42-11-8-39)38-26(16-20)43-12-13-45-27-4-2-3-9-44-27/h5,14-17,27H,2-4,6-13,18H2,1H3,(H,37,41). The Hall–Kier alpha value is -3.56. The van der Waals surface area contributed by atoms with Gasteiger partial charge in [-0.25, -0.2) is 9.18 Å². The van der Waals surface area contributed by atoms with Crippen molar-refractivity contribution in [1.82, 2.24) is 9.88 Å². The smallest absolute Gasteiger partial charge is 0.457 e. The van der Waals surface area contributed by atoms with Gasteiger partial charge in [-0.2, -0.15) is 26.9 Å². The van der Waals surface area contributed by atoms with Crippen molar-refractivity contribution < 1.29 is 50.1 Å². The first-order valence-electron chi connectivity index (χ1n) is 14.6. The average molecular weight is 645 g/mol. The number of carbonyl (C=O) groups excluding carboxylic acids is 1. The van der Waals surface area contributed by atoms with Crippen LogP contribution in [-0.2, 0) is 14.2 Å². The molecule has 1 aromatic carbocycles. The Morgan fingerprint density at radius 2 is 1.84 bits per heavy atom. The van der Waals surface area contributed by atoms with Crippen molar-refractivity contribution in [3.8, 4) is 17.0 Å². The average Bonchev–Trinajstić information content (AvgIpc) is 3.53. The van der Waals surface area contributed by atoms with E-state index in [0.29, 0.717) is 61.5 Å². The van der Waals surface area contributed by atoms with Gasteiger partial charge >= 0.3 is 18.1 Å². The van der Waals surface area contributed by atoms with Crippen LogP contribution in [0.25, 0.3) is 11.1 Å². The van der Waals surface area contributed by atoms with Gasteiger partial charge in [-0.3, -0.25) is 0 Å². The molecule has 45 heavy (non-hydrogen) atoms. The molecular weight excluding hydrogens is 610 g/mol. The number of carbonyl (C=O) groups is 1. The molecular formula is C30H34F6N4O5. The van der Waals surface area contributed by atoms with Gasteiger partial charge in [0.25, 0.3) is 0 Å². The Morgan fingerprint density at radius 3 is 2.56 bits per heavy atom. The van der Waals surface area contributed by atoms with Crippen LogP contribution in [0, 0.1) is 12.7 Å². The number of morpholine rings is 1. The highest BCUT2D eigenvalue weighted by molar-refractivity contribution is 5.91. The number of nitrogens with zero attached hydrogens (tertiary/aromatic N) is 3. The fourth-order valence-corrected chi connectivity index (χ4v) is 5.24. The summed E-state index contributed by atoms with van der Waals surface area (Å²) in [6, 6.07) is 5.02. The number of amides is 2. The van der Waals surface area contributed by atoms with E-state index in [1.807, 2.05) is 4.90 Å². The molecule has 4 heterocycles. The third-order valence-corrected chi connectivity index (χ3v) is 7.73. The molecule has 2 saturated heterocycles. The number of alkyl halides is 5. The summed E-state index contributed by atoms with van der Waals surface area (Å²) >= 11 is 0. The molecule has 0 saturated carbocycles. The summed E-state index contributed by atoms with van der Waals surface area (Å²) < 4.78 is 104. The molecule has 1 atom stereocenters. The number of halogens is 6. The quantitative estimate of drug-likeness (QED) is 0.206. The minimum Gasteiger partial charge on any atom is -0.475 e. The zero-order chi connectivity index (χ0) is 32.2. The van der Waals surface area contributed by atoms with E-state index >= 15 is 4.39 Å². The zero-order valence-electron chi connectivity index (χ0n) is 24.6. The summed E-state index contributed by atoms with van der Waals surface area (Å²) in [6.45, 7) is 3.53. The second-order valence-corrected chi connectivity index (χ2v) is 10.9. The molecule has 2 aromatic rings. The predicted octanol–water partition coefficient (Wildman–Crippen LogP) is 5.93. The van der Waals surface area contributed by atoms with Gasteiger partial charge in [-0.15, -0.1) is 0 Å². The van der Waals surface area contributed by atoms with Crippen LogP contribution in [0.1, 0.15) is 24.8 Å². The van der Waals surface area contributed by atoms with Crippen LogP contribution < -0.4 is 15.0 Å². The molecule has 1 N–H and O–H groups in total. The van der Waals surface area contributed by atoms with Crippen LogP contribution in [0.2, 0.25) is 0 Å². The fraction of sp³-hybridized carbons (Fsp3) is 0.533. The Morgan fingerprint density at radius 1 is 1.07 bits per heavy atom. The van der Waals surface area contributed by atoms with Crippen molar-refractivity contribution >= 4 is 17.5 Å². The first-order valence-corrected chi connectivity index (χ1v) is 14.6. The van der Waals surface area contributed by atoms with Crippen molar-refractivity contribution in [2.45, 2.75) is 44.6 Å². The van der Waals surface area contributed by atoms with Gasteiger partial charge in [0.05, 0.1) is 25.5 Å². The van der Waals surface area contributed by atoms with Crippen LogP contribution >= 0.6 is 0 Å². The number of benzene rings is 1. The second kappa shape index (κ2) is 13.8. The fourth-order valence-electron chi connectivity index (χ4n) is 5.24. The van der Waals surface area contributed by atoms with E-state index in [-0.39, 0.29) is 31.1 Å². The van der Waals surface area contributed by atoms with Gasteiger partial charge in [0.15, 0.2) is 6.29 Å². The number of aromatic nitrogens is 1. The van der Waals surface area contributed by atoms with Gasteiger partial charge in [0, 0.05) is 44.4 Å². The van der Waals surface area contributed by atoms with Gasteiger partial charge in [-0.05, 0) is 61.1 Å². The maximum Gasteiger partial charge on any atom is 0.457 e. The first-order chi connectivity index (χ1) is 21.4. The molecule has 1 aromatic heterocycles. The van der Waals surface area contributed by atoms with E-state index in [9.17, 15) is 26.7 Å². The predicted molar refractivity (Wildman–Crippen MR) is 152 cm³/mol. The van der Waals surface area contributed by atoms with E-state index in [1.54, 1.807) is 19.1 Å². The highest BCUT2D eigenvalue weighted by atomic mass is 19.4. The van der Waals surface area contributed by atoms with E-state index < -0.39 is 42.6 Å². The number of hydrogen-bond acceptors (Lipinski definition) is 7. The Balaban J connectivity index is 1.33. The first kappa shape index (κ1) is 32.8.